The van der Waals surface area contributed by atoms with Gasteiger partial charge in [0.1, 0.15) is 5.75 Å². The Hall–Kier alpha value is -1.30. The zero-order valence-corrected chi connectivity index (χ0v) is 10.3. The van der Waals surface area contributed by atoms with E-state index in [9.17, 15) is 13.2 Å². The van der Waals surface area contributed by atoms with E-state index >= 15 is 0 Å². The van der Waals surface area contributed by atoms with Gasteiger partial charge < -0.3 is 10.1 Å². The smallest absolute Gasteiger partial charge is 0.392 e. The Morgan fingerprint density at radius 3 is 2.83 bits per heavy atom. The van der Waals surface area contributed by atoms with Crippen LogP contribution in [-0.2, 0) is 6.54 Å². The fourth-order valence-electron chi connectivity index (χ4n) is 1.36. The highest BCUT2D eigenvalue weighted by Crippen LogP contribution is 2.21. The Balaban J connectivity index is 2.48. The molecule has 3 nitrogen and oxygen atoms in total. The van der Waals surface area contributed by atoms with Crippen molar-refractivity contribution in [3.63, 3.8) is 0 Å². The minimum Gasteiger partial charge on any atom is -0.491 e. The number of nitrogens with one attached hydrogen (secondary N) is 1. The van der Waals surface area contributed by atoms with Crippen LogP contribution in [0.3, 0.4) is 0 Å². The van der Waals surface area contributed by atoms with Crippen molar-refractivity contribution in [1.29, 1.82) is 0 Å². The molecule has 1 heterocycles. The third-order valence-corrected chi connectivity index (χ3v) is 2.26. The molecule has 0 amide bonds. The van der Waals surface area contributed by atoms with Gasteiger partial charge in [0.15, 0.2) is 0 Å². The van der Waals surface area contributed by atoms with E-state index in [0.29, 0.717) is 12.3 Å². The first-order valence-corrected chi connectivity index (χ1v) is 5.86. The molecule has 0 aliphatic carbocycles. The summed E-state index contributed by atoms with van der Waals surface area (Å²) in [5, 5.41) is 3.17. The van der Waals surface area contributed by atoms with Crippen molar-refractivity contribution in [1.82, 2.24) is 10.3 Å². The average molecular weight is 262 g/mol. The number of ether oxygens (including phenoxy) is 1. The lowest BCUT2D eigenvalue weighted by Gasteiger charge is -2.12. The maximum absolute atomic E-state index is 12.0. The number of pyridine rings is 1. The van der Waals surface area contributed by atoms with Crippen LogP contribution in [0, 0.1) is 0 Å². The van der Waals surface area contributed by atoms with E-state index in [2.05, 4.69) is 10.3 Å². The lowest BCUT2D eigenvalue weighted by Crippen LogP contribution is -2.16. The molecule has 0 fully saturated rings. The van der Waals surface area contributed by atoms with Crippen LogP contribution in [0.2, 0.25) is 0 Å². The van der Waals surface area contributed by atoms with Crippen molar-refractivity contribution in [3.05, 3.63) is 24.0 Å². The van der Waals surface area contributed by atoms with Crippen molar-refractivity contribution < 1.29 is 17.9 Å². The first-order chi connectivity index (χ1) is 8.53. The van der Waals surface area contributed by atoms with Gasteiger partial charge in [0, 0.05) is 18.3 Å². The zero-order valence-electron chi connectivity index (χ0n) is 10.3. The van der Waals surface area contributed by atoms with E-state index in [1.165, 1.54) is 6.20 Å². The average Bonchev–Trinajstić information content (AvgIpc) is 2.30. The molecule has 1 aromatic heterocycles. The number of nitrogens with zero attached hydrogens (tertiary/aromatic N) is 1. The van der Waals surface area contributed by atoms with E-state index in [1.807, 2.05) is 6.92 Å². The molecule has 1 N–H and O–H groups in total. The van der Waals surface area contributed by atoms with Crippen LogP contribution in [0.5, 0.6) is 5.75 Å². The second-order valence-corrected chi connectivity index (χ2v) is 3.87. The zero-order chi connectivity index (χ0) is 13.4. The number of halogens is 3. The third-order valence-electron chi connectivity index (χ3n) is 2.26. The van der Waals surface area contributed by atoms with Crippen LogP contribution >= 0.6 is 0 Å². The quantitative estimate of drug-likeness (QED) is 0.767. The van der Waals surface area contributed by atoms with Crippen molar-refractivity contribution in [3.8, 4) is 5.75 Å². The summed E-state index contributed by atoms with van der Waals surface area (Å²) in [6.45, 7) is 3.08. The third kappa shape index (κ3) is 5.86. The van der Waals surface area contributed by atoms with Gasteiger partial charge in [-0.25, -0.2) is 0 Å². The molecular weight excluding hydrogens is 245 g/mol. The molecular formula is C12H17F3N2O. The van der Waals surface area contributed by atoms with Crippen LogP contribution in [0.1, 0.15) is 25.3 Å². The summed E-state index contributed by atoms with van der Waals surface area (Å²) in [5.74, 6) is 0.408. The molecule has 0 atom stereocenters. The van der Waals surface area contributed by atoms with Gasteiger partial charge in [0.05, 0.1) is 19.2 Å². The first-order valence-electron chi connectivity index (χ1n) is 5.86. The summed E-state index contributed by atoms with van der Waals surface area (Å²) in [6, 6.07) is 1.74. The van der Waals surface area contributed by atoms with Crippen LogP contribution < -0.4 is 10.1 Å². The van der Waals surface area contributed by atoms with E-state index in [0.717, 1.165) is 18.5 Å². The minimum absolute atomic E-state index is 0.379. The number of hydrogen-bond acceptors (Lipinski definition) is 3. The molecule has 18 heavy (non-hydrogen) atoms. The lowest BCUT2D eigenvalue weighted by molar-refractivity contribution is -0.139. The molecule has 0 bridgehead atoms. The monoisotopic (exact) mass is 262 g/mol. The Labute approximate surface area is 104 Å². The molecule has 0 aromatic carbocycles. The minimum atomic E-state index is -4.19. The number of aromatic nitrogens is 1. The maximum atomic E-state index is 12.0. The van der Waals surface area contributed by atoms with E-state index < -0.39 is 12.6 Å². The number of hydrogen-bond donors (Lipinski definition) is 1. The normalized spacial score (nSPS) is 11.6. The largest absolute Gasteiger partial charge is 0.491 e. The summed E-state index contributed by atoms with van der Waals surface area (Å²) >= 11 is 0. The second kappa shape index (κ2) is 7.20. The van der Waals surface area contributed by atoms with Crippen molar-refractivity contribution in [2.75, 3.05) is 13.2 Å². The van der Waals surface area contributed by atoms with Crippen LogP contribution in [0.25, 0.3) is 0 Å². The van der Waals surface area contributed by atoms with Gasteiger partial charge in [-0.15, -0.1) is 0 Å². The topological polar surface area (TPSA) is 34.2 Å². The highest BCUT2D eigenvalue weighted by atomic mass is 19.4. The summed E-state index contributed by atoms with van der Waals surface area (Å²) in [4.78, 5) is 3.85. The van der Waals surface area contributed by atoms with Crippen molar-refractivity contribution in [2.24, 2.45) is 0 Å². The highest BCUT2D eigenvalue weighted by Gasteiger charge is 2.26. The van der Waals surface area contributed by atoms with Gasteiger partial charge in [0.2, 0.25) is 0 Å². The van der Waals surface area contributed by atoms with Gasteiger partial charge in [-0.3, -0.25) is 4.98 Å². The molecule has 0 spiro atoms. The molecule has 1 rings (SSSR count). The fraction of sp³-hybridized carbons (Fsp3) is 0.583. The first kappa shape index (κ1) is 14.8. The number of rotatable bonds is 7. The summed E-state index contributed by atoms with van der Waals surface area (Å²) in [5.41, 5.74) is 0.820. The van der Waals surface area contributed by atoms with Crippen LogP contribution in [-0.4, -0.2) is 24.3 Å². The second-order valence-electron chi connectivity index (χ2n) is 3.87. The lowest BCUT2D eigenvalue weighted by atomic mass is 10.2. The molecule has 102 valence electrons. The molecule has 0 aliphatic heterocycles. The van der Waals surface area contributed by atoms with E-state index in [-0.39, 0.29) is 6.61 Å². The molecule has 1 aromatic rings. The van der Waals surface area contributed by atoms with Gasteiger partial charge in [0.25, 0.3) is 0 Å². The van der Waals surface area contributed by atoms with Crippen LogP contribution in [0.15, 0.2) is 18.5 Å². The molecule has 0 aliphatic rings. The van der Waals surface area contributed by atoms with Crippen LogP contribution in [0.4, 0.5) is 13.2 Å². The Morgan fingerprint density at radius 1 is 1.39 bits per heavy atom. The summed E-state index contributed by atoms with van der Waals surface area (Å²) in [7, 11) is 0. The molecule has 0 unspecified atom stereocenters. The Morgan fingerprint density at radius 2 is 2.17 bits per heavy atom. The molecule has 6 heteroatoms. The van der Waals surface area contributed by atoms with Crippen molar-refractivity contribution in [2.45, 2.75) is 32.5 Å². The summed E-state index contributed by atoms with van der Waals surface area (Å²) in [6.07, 6.45) is -1.11. The molecule has 0 radical (unpaired) electrons. The van der Waals surface area contributed by atoms with E-state index in [4.69, 9.17) is 4.74 Å². The fourth-order valence-corrected chi connectivity index (χ4v) is 1.36. The van der Waals surface area contributed by atoms with Gasteiger partial charge in [-0.1, -0.05) is 6.92 Å². The SMILES string of the molecule is CCCNCc1ccncc1OCCC(F)(F)F. The Bertz CT molecular complexity index is 355. The standard InChI is InChI=1S/C12H17F3N2O/c1-2-5-16-8-10-3-6-17-9-11(10)18-7-4-12(13,14)15/h3,6,9,16H,2,4-5,7-8H2,1H3. The van der Waals surface area contributed by atoms with Gasteiger partial charge in [-0.05, 0) is 19.0 Å². The van der Waals surface area contributed by atoms with Gasteiger partial charge >= 0.3 is 6.18 Å². The van der Waals surface area contributed by atoms with Crippen molar-refractivity contribution >= 4 is 0 Å². The Kier molecular flexibility index (Phi) is 5.91. The highest BCUT2D eigenvalue weighted by molar-refractivity contribution is 5.29. The summed E-state index contributed by atoms with van der Waals surface area (Å²) < 4.78 is 41.1. The maximum Gasteiger partial charge on any atom is 0.392 e. The molecule has 0 saturated heterocycles. The predicted octanol–water partition coefficient (Wildman–Crippen LogP) is 2.91. The molecule has 0 saturated carbocycles. The predicted molar refractivity (Wildman–Crippen MR) is 62.4 cm³/mol. The number of alkyl halides is 3. The van der Waals surface area contributed by atoms with E-state index in [1.54, 1.807) is 12.3 Å². The van der Waals surface area contributed by atoms with Gasteiger partial charge in [-0.2, -0.15) is 13.2 Å².